The van der Waals surface area contributed by atoms with Crippen molar-refractivity contribution in [2.75, 3.05) is 44.4 Å². The molecule has 0 aliphatic heterocycles. The largest absolute Gasteiger partial charge is 0.397 e. The maximum atomic E-state index is 12.3. The highest BCUT2D eigenvalue weighted by molar-refractivity contribution is 5.96. The molecule has 0 aliphatic carbocycles. The lowest BCUT2D eigenvalue weighted by Gasteiger charge is -2.22. The van der Waals surface area contributed by atoms with E-state index in [4.69, 9.17) is 10.8 Å². The van der Waals surface area contributed by atoms with Crippen molar-refractivity contribution in [3.8, 4) is 0 Å². The molecule has 0 saturated heterocycles. The third kappa shape index (κ3) is 3.86. The zero-order valence-electron chi connectivity index (χ0n) is 11.9. The van der Waals surface area contributed by atoms with Crippen LogP contribution in [0.1, 0.15) is 23.7 Å². The van der Waals surface area contributed by atoms with Crippen LogP contribution in [-0.4, -0.2) is 49.7 Å². The van der Waals surface area contributed by atoms with Gasteiger partial charge in [-0.25, -0.2) is 0 Å². The van der Waals surface area contributed by atoms with Crippen LogP contribution in [0.4, 0.5) is 11.4 Å². The van der Waals surface area contributed by atoms with E-state index in [1.54, 1.807) is 17.0 Å². The van der Waals surface area contributed by atoms with Gasteiger partial charge in [-0.2, -0.15) is 0 Å². The molecule has 0 radical (unpaired) electrons. The first kappa shape index (κ1) is 15.3. The number of nitrogens with zero attached hydrogens (tertiary/aromatic N) is 2. The van der Waals surface area contributed by atoms with E-state index >= 15 is 0 Å². The van der Waals surface area contributed by atoms with E-state index in [1.165, 1.54) is 0 Å². The molecule has 1 aromatic carbocycles. The van der Waals surface area contributed by atoms with Gasteiger partial charge in [-0.3, -0.25) is 4.79 Å². The first-order chi connectivity index (χ1) is 9.01. The summed E-state index contributed by atoms with van der Waals surface area (Å²) in [5.74, 6) is -0.0482. The lowest BCUT2D eigenvalue weighted by molar-refractivity contribution is 0.0754. The van der Waals surface area contributed by atoms with Crippen LogP contribution in [0, 0.1) is 0 Å². The third-order valence-electron chi connectivity index (χ3n) is 3.01. The highest BCUT2D eigenvalue weighted by Gasteiger charge is 2.15. The van der Waals surface area contributed by atoms with Crippen molar-refractivity contribution in [1.29, 1.82) is 0 Å². The standard InChI is InChI=1S/C14H23N3O2/c1-4-17(8-5-9-18)14(19)11-6-7-13(16(2)3)12(15)10-11/h6-7,10,18H,4-5,8-9,15H2,1-3H3. The number of hydrogen-bond donors (Lipinski definition) is 2. The Morgan fingerprint density at radius 1 is 1.37 bits per heavy atom. The normalized spacial score (nSPS) is 10.3. The van der Waals surface area contributed by atoms with Gasteiger partial charge in [-0.15, -0.1) is 0 Å². The SMILES string of the molecule is CCN(CCCO)C(=O)c1ccc(N(C)C)c(N)c1. The highest BCUT2D eigenvalue weighted by atomic mass is 16.3. The van der Waals surface area contributed by atoms with Crippen LogP contribution in [0.15, 0.2) is 18.2 Å². The maximum absolute atomic E-state index is 12.3. The van der Waals surface area contributed by atoms with Gasteiger partial charge in [0.15, 0.2) is 0 Å². The average molecular weight is 265 g/mol. The van der Waals surface area contributed by atoms with E-state index < -0.39 is 0 Å². The monoisotopic (exact) mass is 265 g/mol. The van der Waals surface area contributed by atoms with Gasteiger partial charge in [0.1, 0.15) is 0 Å². The van der Waals surface area contributed by atoms with Gasteiger partial charge < -0.3 is 20.6 Å². The summed E-state index contributed by atoms with van der Waals surface area (Å²) in [6.45, 7) is 3.19. The Hall–Kier alpha value is -1.75. The molecule has 19 heavy (non-hydrogen) atoms. The molecule has 0 saturated carbocycles. The first-order valence-electron chi connectivity index (χ1n) is 6.48. The number of rotatable bonds is 6. The predicted octanol–water partition coefficient (Wildman–Crippen LogP) is 1.18. The summed E-state index contributed by atoms with van der Waals surface area (Å²) >= 11 is 0. The lowest BCUT2D eigenvalue weighted by atomic mass is 10.1. The molecule has 0 aliphatic rings. The molecule has 1 aromatic rings. The van der Waals surface area contributed by atoms with Crippen LogP contribution in [0.2, 0.25) is 0 Å². The van der Waals surface area contributed by atoms with Gasteiger partial charge in [0.05, 0.1) is 11.4 Å². The summed E-state index contributed by atoms with van der Waals surface area (Å²) in [6.07, 6.45) is 0.588. The molecule has 0 atom stereocenters. The Morgan fingerprint density at radius 3 is 2.53 bits per heavy atom. The second-order valence-electron chi connectivity index (χ2n) is 4.63. The van der Waals surface area contributed by atoms with Gasteiger partial charge >= 0.3 is 0 Å². The topological polar surface area (TPSA) is 69.8 Å². The van der Waals surface area contributed by atoms with Crippen molar-refractivity contribution in [3.63, 3.8) is 0 Å². The molecule has 106 valence electrons. The first-order valence-corrected chi connectivity index (χ1v) is 6.48. The van der Waals surface area contributed by atoms with Crippen LogP contribution >= 0.6 is 0 Å². The minimum Gasteiger partial charge on any atom is -0.397 e. The maximum Gasteiger partial charge on any atom is 0.253 e. The Kier molecular flexibility index (Phi) is 5.63. The van der Waals surface area contributed by atoms with Gasteiger partial charge in [0, 0.05) is 39.4 Å². The Bertz CT molecular complexity index is 433. The molecule has 1 amide bonds. The van der Waals surface area contributed by atoms with Gasteiger partial charge in [0.2, 0.25) is 0 Å². The second-order valence-corrected chi connectivity index (χ2v) is 4.63. The molecule has 5 heteroatoms. The number of carbonyl (C=O) groups excluding carboxylic acids is 1. The summed E-state index contributed by atoms with van der Waals surface area (Å²) in [7, 11) is 3.82. The summed E-state index contributed by atoms with van der Waals surface area (Å²) in [4.78, 5) is 15.9. The van der Waals surface area contributed by atoms with Crippen molar-refractivity contribution in [2.24, 2.45) is 0 Å². The Morgan fingerprint density at radius 2 is 2.05 bits per heavy atom. The fourth-order valence-corrected chi connectivity index (χ4v) is 1.94. The van der Waals surface area contributed by atoms with Crippen molar-refractivity contribution < 1.29 is 9.90 Å². The number of carbonyl (C=O) groups is 1. The van der Waals surface area contributed by atoms with Crippen LogP contribution in [0.3, 0.4) is 0 Å². The number of aliphatic hydroxyl groups excluding tert-OH is 1. The zero-order chi connectivity index (χ0) is 14.4. The number of amides is 1. The summed E-state index contributed by atoms with van der Waals surface area (Å²) in [5, 5.41) is 8.84. The summed E-state index contributed by atoms with van der Waals surface area (Å²) < 4.78 is 0. The molecule has 3 N–H and O–H groups in total. The number of anilines is 2. The van der Waals surface area contributed by atoms with Crippen molar-refractivity contribution >= 4 is 17.3 Å². The number of benzene rings is 1. The number of aliphatic hydroxyl groups is 1. The molecule has 0 aromatic heterocycles. The fraction of sp³-hybridized carbons (Fsp3) is 0.500. The quantitative estimate of drug-likeness (QED) is 0.758. The van der Waals surface area contributed by atoms with Gasteiger partial charge in [-0.1, -0.05) is 0 Å². The zero-order valence-corrected chi connectivity index (χ0v) is 11.9. The second kappa shape index (κ2) is 6.99. The van der Waals surface area contributed by atoms with Gasteiger partial charge in [0.25, 0.3) is 5.91 Å². The van der Waals surface area contributed by atoms with Crippen molar-refractivity contribution in [1.82, 2.24) is 4.90 Å². The lowest BCUT2D eigenvalue weighted by Crippen LogP contribution is -2.32. The number of nitrogen functional groups attached to an aromatic ring is 1. The third-order valence-corrected chi connectivity index (χ3v) is 3.01. The molecule has 0 unspecified atom stereocenters. The van der Waals surface area contributed by atoms with Crippen LogP contribution in [0.5, 0.6) is 0 Å². The molecule has 5 nitrogen and oxygen atoms in total. The molecular formula is C14H23N3O2. The van der Waals surface area contributed by atoms with Crippen LogP contribution in [-0.2, 0) is 0 Å². The van der Waals surface area contributed by atoms with Crippen LogP contribution < -0.4 is 10.6 Å². The van der Waals surface area contributed by atoms with Crippen molar-refractivity contribution in [2.45, 2.75) is 13.3 Å². The molecule has 0 fully saturated rings. The minimum absolute atomic E-state index is 0.0482. The van der Waals surface area contributed by atoms with E-state index in [-0.39, 0.29) is 12.5 Å². The average Bonchev–Trinajstić information content (AvgIpc) is 2.38. The van der Waals surface area contributed by atoms with E-state index in [0.717, 1.165) is 5.69 Å². The van der Waals surface area contributed by atoms with E-state index in [1.807, 2.05) is 32.0 Å². The fourth-order valence-electron chi connectivity index (χ4n) is 1.94. The van der Waals surface area contributed by atoms with E-state index in [0.29, 0.717) is 30.8 Å². The minimum atomic E-state index is -0.0482. The highest BCUT2D eigenvalue weighted by Crippen LogP contribution is 2.23. The van der Waals surface area contributed by atoms with Crippen LogP contribution in [0.25, 0.3) is 0 Å². The summed E-state index contributed by atoms with van der Waals surface area (Å²) in [6, 6.07) is 5.34. The Balaban J connectivity index is 2.90. The molecule has 1 rings (SSSR count). The van der Waals surface area contributed by atoms with E-state index in [9.17, 15) is 4.79 Å². The molecular weight excluding hydrogens is 242 g/mol. The summed E-state index contributed by atoms with van der Waals surface area (Å²) in [5.41, 5.74) is 8.03. The number of nitrogens with two attached hydrogens (primary N) is 1. The smallest absolute Gasteiger partial charge is 0.253 e. The van der Waals surface area contributed by atoms with Gasteiger partial charge in [-0.05, 0) is 31.5 Å². The van der Waals surface area contributed by atoms with E-state index in [2.05, 4.69) is 0 Å². The molecule has 0 bridgehead atoms. The number of hydrogen-bond acceptors (Lipinski definition) is 4. The Labute approximate surface area is 114 Å². The molecule has 0 heterocycles. The predicted molar refractivity (Wildman–Crippen MR) is 78.5 cm³/mol. The van der Waals surface area contributed by atoms with Crippen molar-refractivity contribution in [3.05, 3.63) is 23.8 Å². The molecule has 0 spiro atoms.